The topological polar surface area (TPSA) is 93.5 Å². The number of benzene rings is 1. The van der Waals surface area contributed by atoms with Crippen LogP contribution >= 0.6 is 11.6 Å². The molecular formula is C12H10ClNO4. The SMILES string of the molecule is N[C@@H](Cc1cc(=O)oc2ccc(Cl)cc12)C(=O)O. The second-order valence-corrected chi connectivity index (χ2v) is 4.32. The van der Waals surface area contributed by atoms with Crippen molar-refractivity contribution >= 4 is 28.5 Å². The highest BCUT2D eigenvalue weighted by molar-refractivity contribution is 6.31. The molecule has 0 aliphatic rings. The van der Waals surface area contributed by atoms with E-state index in [0.29, 0.717) is 21.6 Å². The van der Waals surface area contributed by atoms with Gasteiger partial charge in [0, 0.05) is 16.5 Å². The summed E-state index contributed by atoms with van der Waals surface area (Å²) in [6, 6.07) is 4.93. The van der Waals surface area contributed by atoms with Gasteiger partial charge in [0.2, 0.25) is 0 Å². The number of aliphatic carboxylic acids is 1. The number of fused-ring (bicyclic) bond motifs is 1. The lowest BCUT2D eigenvalue weighted by molar-refractivity contribution is -0.138. The lowest BCUT2D eigenvalue weighted by Gasteiger charge is -2.08. The van der Waals surface area contributed by atoms with E-state index in [1.54, 1.807) is 18.2 Å². The zero-order valence-corrected chi connectivity index (χ0v) is 9.98. The van der Waals surface area contributed by atoms with Crippen LogP contribution in [0.25, 0.3) is 11.0 Å². The fourth-order valence-corrected chi connectivity index (χ4v) is 1.87. The van der Waals surface area contributed by atoms with Gasteiger partial charge in [0.15, 0.2) is 0 Å². The Morgan fingerprint density at radius 1 is 1.44 bits per heavy atom. The molecule has 0 radical (unpaired) electrons. The summed E-state index contributed by atoms with van der Waals surface area (Å²) in [5.41, 5.74) is 5.79. The number of carboxylic acids is 1. The molecule has 2 aromatic rings. The Bertz CT molecular complexity index is 665. The first-order valence-electron chi connectivity index (χ1n) is 5.18. The van der Waals surface area contributed by atoms with Gasteiger partial charge in [-0.3, -0.25) is 4.79 Å². The quantitative estimate of drug-likeness (QED) is 0.820. The van der Waals surface area contributed by atoms with Gasteiger partial charge in [-0.15, -0.1) is 0 Å². The zero-order valence-electron chi connectivity index (χ0n) is 9.22. The molecule has 1 heterocycles. The predicted octanol–water partition coefficient (Wildman–Crippen LogP) is 1.40. The Labute approximate surface area is 107 Å². The molecule has 0 bridgehead atoms. The van der Waals surface area contributed by atoms with Gasteiger partial charge in [-0.1, -0.05) is 11.6 Å². The summed E-state index contributed by atoms with van der Waals surface area (Å²) in [4.78, 5) is 22.1. The molecule has 0 saturated carbocycles. The first-order chi connectivity index (χ1) is 8.47. The highest BCUT2D eigenvalue weighted by Gasteiger charge is 2.15. The molecule has 6 heteroatoms. The Balaban J connectivity index is 2.57. The molecule has 0 aliphatic heterocycles. The third-order valence-corrected chi connectivity index (χ3v) is 2.78. The highest BCUT2D eigenvalue weighted by Crippen LogP contribution is 2.22. The molecule has 0 aliphatic carbocycles. The molecule has 0 amide bonds. The van der Waals surface area contributed by atoms with Crippen LogP contribution in [0.4, 0.5) is 0 Å². The third kappa shape index (κ3) is 2.52. The molecule has 0 fully saturated rings. The van der Waals surface area contributed by atoms with Crippen LogP contribution in [0.1, 0.15) is 5.56 Å². The van der Waals surface area contributed by atoms with Gasteiger partial charge in [0.05, 0.1) is 0 Å². The first kappa shape index (κ1) is 12.6. The van der Waals surface area contributed by atoms with Crippen molar-refractivity contribution in [3.05, 3.63) is 45.3 Å². The predicted molar refractivity (Wildman–Crippen MR) is 66.8 cm³/mol. The fraction of sp³-hybridized carbons (Fsp3) is 0.167. The molecule has 2 rings (SSSR count). The number of carbonyl (C=O) groups is 1. The molecule has 94 valence electrons. The van der Waals surface area contributed by atoms with E-state index < -0.39 is 17.6 Å². The van der Waals surface area contributed by atoms with Crippen LogP contribution < -0.4 is 11.4 Å². The molecule has 0 spiro atoms. The fourth-order valence-electron chi connectivity index (χ4n) is 1.69. The van der Waals surface area contributed by atoms with E-state index in [9.17, 15) is 9.59 Å². The van der Waals surface area contributed by atoms with Crippen molar-refractivity contribution in [2.24, 2.45) is 5.73 Å². The zero-order chi connectivity index (χ0) is 13.3. The molecule has 0 unspecified atom stereocenters. The molecule has 3 N–H and O–H groups in total. The van der Waals surface area contributed by atoms with Gasteiger partial charge in [0.1, 0.15) is 11.6 Å². The van der Waals surface area contributed by atoms with Crippen molar-refractivity contribution in [3.63, 3.8) is 0 Å². The molecule has 1 aromatic carbocycles. The Morgan fingerprint density at radius 2 is 2.17 bits per heavy atom. The van der Waals surface area contributed by atoms with E-state index in [-0.39, 0.29) is 6.42 Å². The monoisotopic (exact) mass is 267 g/mol. The number of rotatable bonds is 3. The van der Waals surface area contributed by atoms with Crippen LogP contribution in [0.5, 0.6) is 0 Å². The van der Waals surface area contributed by atoms with E-state index in [1.807, 2.05) is 0 Å². The molecule has 0 saturated heterocycles. The minimum Gasteiger partial charge on any atom is -0.480 e. The largest absolute Gasteiger partial charge is 0.480 e. The number of halogens is 1. The summed E-state index contributed by atoms with van der Waals surface area (Å²) in [5.74, 6) is -1.13. The summed E-state index contributed by atoms with van der Waals surface area (Å²) in [6.07, 6.45) is 0.0395. The van der Waals surface area contributed by atoms with Crippen LogP contribution in [0.15, 0.2) is 33.5 Å². The summed E-state index contributed by atoms with van der Waals surface area (Å²) in [6.45, 7) is 0. The van der Waals surface area contributed by atoms with Crippen molar-refractivity contribution in [2.45, 2.75) is 12.5 Å². The van der Waals surface area contributed by atoms with Crippen molar-refractivity contribution in [3.8, 4) is 0 Å². The highest BCUT2D eigenvalue weighted by atomic mass is 35.5. The molecule has 1 atom stereocenters. The summed E-state index contributed by atoms with van der Waals surface area (Å²) < 4.78 is 5.00. The number of carboxylic acid groups (broad SMARTS) is 1. The first-order valence-corrected chi connectivity index (χ1v) is 5.56. The van der Waals surface area contributed by atoms with Gasteiger partial charge in [-0.05, 0) is 30.2 Å². The Hall–Kier alpha value is -1.85. The van der Waals surface area contributed by atoms with Gasteiger partial charge in [-0.2, -0.15) is 0 Å². The second-order valence-electron chi connectivity index (χ2n) is 3.88. The van der Waals surface area contributed by atoms with Gasteiger partial charge < -0.3 is 15.3 Å². The average Bonchev–Trinajstić information content (AvgIpc) is 2.29. The van der Waals surface area contributed by atoms with Crippen molar-refractivity contribution in [2.75, 3.05) is 0 Å². The minimum absolute atomic E-state index is 0.0395. The van der Waals surface area contributed by atoms with Crippen LogP contribution in [-0.4, -0.2) is 17.1 Å². The maximum absolute atomic E-state index is 11.4. The average molecular weight is 268 g/mol. The van der Waals surface area contributed by atoms with E-state index in [1.165, 1.54) is 6.07 Å². The molecule has 1 aromatic heterocycles. The van der Waals surface area contributed by atoms with Crippen molar-refractivity contribution < 1.29 is 14.3 Å². The molecular weight excluding hydrogens is 258 g/mol. The van der Waals surface area contributed by atoms with Crippen LogP contribution in [0.2, 0.25) is 5.02 Å². The minimum atomic E-state index is -1.13. The summed E-state index contributed by atoms with van der Waals surface area (Å²) in [5, 5.41) is 9.86. The van der Waals surface area contributed by atoms with Gasteiger partial charge in [-0.25, -0.2) is 4.79 Å². The van der Waals surface area contributed by atoms with Gasteiger partial charge in [0.25, 0.3) is 0 Å². The van der Waals surface area contributed by atoms with Crippen LogP contribution in [-0.2, 0) is 11.2 Å². The molecule has 18 heavy (non-hydrogen) atoms. The van der Waals surface area contributed by atoms with Gasteiger partial charge >= 0.3 is 11.6 Å². The van der Waals surface area contributed by atoms with E-state index in [4.69, 9.17) is 26.9 Å². The standard InChI is InChI=1S/C12H10ClNO4/c13-7-1-2-10-8(5-7)6(4-11(15)18-10)3-9(14)12(16)17/h1-2,4-5,9H,3,14H2,(H,16,17)/t9-/m0/s1. The second kappa shape index (κ2) is 4.80. The van der Waals surface area contributed by atoms with Crippen molar-refractivity contribution in [1.29, 1.82) is 0 Å². The summed E-state index contributed by atoms with van der Waals surface area (Å²) in [7, 11) is 0. The van der Waals surface area contributed by atoms with Crippen LogP contribution in [0.3, 0.4) is 0 Å². The van der Waals surface area contributed by atoms with Crippen LogP contribution in [0, 0.1) is 0 Å². The maximum Gasteiger partial charge on any atom is 0.336 e. The Morgan fingerprint density at radius 3 is 2.83 bits per heavy atom. The third-order valence-electron chi connectivity index (χ3n) is 2.55. The van der Waals surface area contributed by atoms with E-state index in [2.05, 4.69) is 0 Å². The number of nitrogens with two attached hydrogens (primary N) is 1. The van der Waals surface area contributed by atoms with Crippen molar-refractivity contribution in [1.82, 2.24) is 0 Å². The van der Waals surface area contributed by atoms with E-state index >= 15 is 0 Å². The lowest BCUT2D eigenvalue weighted by atomic mass is 10.0. The van der Waals surface area contributed by atoms with E-state index in [0.717, 1.165) is 0 Å². The molecule has 5 nitrogen and oxygen atoms in total. The number of hydrogen-bond donors (Lipinski definition) is 2. The Kier molecular flexibility index (Phi) is 3.36. The smallest absolute Gasteiger partial charge is 0.336 e. The summed E-state index contributed by atoms with van der Waals surface area (Å²) >= 11 is 5.86. The normalized spacial score (nSPS) is 12.6. The lowest BCUT2D eigenvalue weighted by Crippen LogP contribution is -2.32. The maximum atomic E-state index is 11.4. The number of hydrogen-bond acceptors (Lipinski definition) is 4.